The van der Waals surface area contributed by atoms with Crippen molar-refractivity contribution in [3.8, 4) is 0 Å². The lowest BCUT2D eigenvalue weighted by atomic mass is 10.1. The fourth-order valence-electron chi connectivity index (χ4n) is 2.36. The topological polar surface area (TPSA) is 98.5 Å². The Morgan fingerprint density at radius 2 is 1.90 bits per heavy atom. The monoisotopic (exact) mass is 456 g/mol. The van der Waals surface area contributed by atoms with Gasteiger partial charge in [-0.15, -0.1) is 0 Å². The SMILES string of the molecule is CSCC[C@@H](NC(=O)c1ccc(Cl)cc1Cl)C(=O)OCc1ccc([N+](=O)[O-])cc1. The zero-order valence-electron chi connectivity index (χ0n) is 15.4. The average molecular weight is 457 g/mol. The Labute approximate surface area is 181 Å². The number of carbonyl (C=O) groups is 2. The van der Waals surface area contributed by atoms with E-state index in [0.717, 1.165) is 0 Å². The summed E-state index contributed by atoms with van der Waals surface area (Å²) in [6.07, 6.45) is 2.26. The first kappa shape index (κ1) is 23.0. The highest BCUT2D eigenvalue weighted by Crippen LogP contribution is 2.21. The van der Waals surface area contributed by atoms with Crippen LogP contribution in [0.3, 0.4) is 0 Å². The first-order valence-corrected chi connectivity index (χ1v) is 10.6. The number of non-ortho nitro benzene ring substituents is 1. The molecule has 2 aromatic carbocycles. The number of thioether (sulfide) groups is 1. The van der Waals surface area contributed by atoms with Gasteiger partial charge >= 0.3 is 5.97 Å². The van der Waals surface area contributed by atoms with Gasteiger partial charge in [-0.1, -0.05) is 23.2 Å². The van der Waals surface area contributed by atoms with Crippen LogP contribution in [0.15, 0.2) is 42.5 Å². The lowest BCUT2D eigenvalue weighted by Gasteiger charge is -2.18. The number of rotatable bonds is 9. The lowest BCUT2D eigenvalue weighted by Crippen LogP contribution is -2.42. The van der Waals surface area contributed by atoms with Crippen molar-refractivity contribution in [2.75, 3.05) is 12.0 Å². The Morgan fingerprint density at radius 1 is 1.21 bits per heavy atom. The molecule has 0 fully saturated rings. The summed E-state index contributed by atoms with van der Waals surface area (Å²) in [6, 6.07) is 9.28. The summed E-state index contributed by atoms with van der Waals surface area (Å²) in [6.45, 7) is -0.0653. The summed E-state index contributed by atoms with van der Waals surface area (Å²) >= 11 is 13.4. The number of halogens is 2. The highest BCUT2D eigenvalue weighted by molar-refractivity contribution is 7.98. The highest BCUT2D eigenvalue weighted by Gasteiger charge is 2.24. The van der Waals surface area contributed by atoms with Crippen LogP contribution in [0.4, 0.5) is 5.69 Å². The number of carbonyl (C=O) groups excluding carboxylic acids is 2. The van der Waals surface area contributed by atoms with E-state index in [2.05, 4.69) is 5.32 Å². The maximum atomic E-state index is 12.5. The molecule has 0 heterocycles. The molecule has 1 amide bonds. The van der Waals surface area contributed by atoms with E-state index in [0.29, 0.717) is 22.8 Å². The van der Waals surface area contributed by atoms with Gasteiger partial charge in [0.1, 0.15) is 12.6 Å². The molecule has 10 heteroatoms. The maximum absolute atomic E-state index is 12.5. The molecule has 0 bridgehead atoms. The molecule has 0 saturated carbocycles. The van der Waals surface area contributed by atoms with Crippen LogP contribution < -0.4 is 5.32 Å². The van der Waals surface area contributed by atoms with Crippen LogP contribution in [0, 0.1) is 10.1 Å². The molecule has 0 spiro atoms. The van der Waals surface area contributed by atoms with Gasteiger partial charge in [0.2, 0.25) is 0 Å². The number of hydrogen-bond acceptors (Lipinski definition) is 6. The van der Waals surface area contributed by atoms with Gasteiger partial charge in [-0.25, -0.2) is 4.79 Å². The smallest absolute Gasteiger partial charge is 0.329 e. The number of nitrogens with one attached hydrogen (secondary N) is 1. The third-order valence-electron chi connectivity index (χ3n) is 3.90. The molecule has 2 rings (SSSR count). The molecular formula is C19H18Cl2N2O5S. The van der Waals surface area contributed by atoms with Crippen molar-refractivity contribution in [2.24, 2.45) is 0 Å². The third-order valence-corrected chi connectivity index (χ3v) is 5.10. The van der Waals surface area contributed by atoms with E-state index in [1.54, 1.807) is 0 Å². The predicted octanol–water partition coefficient (Wildman–Crippen LogP) is 4.50. The van der Waals surface area contributed by atoms with Crippen molar-refractivity contribution in [1.29, 1.82) is 0 Å². The molecular weight excluding hydrogens is 439 g/mol. The molecule has 2 aromatic rings. The van der Waals surface area contributed by atoms with Gasteiger partial charge < -0.3 is 10.1 Å². The number of amides is 1. The fourth-order valence-corrected chi connectivity index (χ4v) is 3.33. The van der Waals surface area contributed by atoms with Crippen LogP contribution in [0.1, 0.15) is 22.3 Å². The molecule has 29 heavy (non-hydrogen) atoms. The number of nitro benzene ring substituents is 1. The van der Waals surface area contributed by atoms with Gasteiger partial charge in [-0.3, -0.25) is 14.9 Å². The molecule has 0 radical (unpaired) electrons. The number of nitro groups is 1. The van der Waals surface area contributed by atoms with Crippen molar-refractivity contribution in [3.05, 3.63) is 73.8 Å². The van der Waals surface area contributed by atoms with Crippen molar-refractivity contribution < 1.29 is 19.2 Å². The molecule has 0 aliphatic rings. The molecule has 0 aliphatic carbocycles. The van der Waals surface area contributed by atoms with Gasteiger partial charge in [0.05, 0.1) is 15.5 Å². The van der Waals surface area contributed by atoms with Gasteiger partial charge in [0, 0.05) is 17.2 Å². The van der Waals surface area contributed by atoms with Crippen LogP contribution in [-0.2, 0) is 16.1 Å². The molecule has 7 nitrogen and oxygen atoms in total. The van der Waals surface area contributed by atoms with E-state index in [-0.39, 0.29) is 22.9 Å². The minimum atomic E-state index is -0.861. The van der Waals surface area contributed by atoms with E-state index >= 15 is 0 Å². The Morgan fingerprint density at radius 3 is 2.48 bits per heavy atom. The molecule has 1 atom stereocenters. The van der Waals surface area contributed by atoms with Crippen molar-refractivity contribution in [1.82, 2.24) is 5.32 Å². The number of ether oxygens (including phenoxy) is 1. The normalized spacial score (nSPS) is 11.6. The van der Waals surface area contributed by atoms with Gasteiger partial charge in [-0.2, -0.15) is 11.8 Å². The summed E-state index contributed by atoms with van der Waals surface area (Å²) < 4.78 is 5.29. The zero-order valence-corrected chi connectivity index (χ0v) is 17.7. The predicted molar refractivity (Wildman–Crippen MR) is 114 cm³/mol. The molecule has 1 N–H and O–H groups in total. The van der Waals surface area contributed by atoms with E-state index in [4.69, 9.17) is 27.9 Å². The first-order valence-electron chi connectivity index (χ1n) is 8.46. The quantitative estimate of drug-likeness (QED) is 0.338. The Balaban J connectivity index is 2.03. The Hall–Kier alpha value is -2.29. The number of benzene rings is 2. The van der Waals surface area contributed by atoms with Crippen LogP contribution >= 0.6 is 35.0 Å². The summed E-state index contributed by atoms with van der Waals surface area (Å²) in [4.78, 5) is 35.2. The summed E-state index contributed by atoms with van der Waals surface area (Å²) in [5.74, 6) is -0.479. The van der Waals surface area contributed by atoms with Crippen molar-refractivity contribution in [2.45, 2.75) is 19.1 Å². The van der Waals surface area contributed by atoms with E-state index in [1.807, 2.05) is 6.26 Å². The zero-order chi connectivity index (χ0) is 21.4. The number of nitrogens with zero attached hydrogens (tertiary/aromatic N) is 1. The number of hydrogen-bond donors (Lipinski definition) is 1. The van der Waals surface area contributed by atoms with Gasteiger partial charge in [0.15, 0.2) is 0 Å². The van der Waals surface area contributed by atoms with Crippen LogP contribution in [0.25, 0.3) is 0 Å². The second-order valence-electron chi connectivity index (χ2n) is 5.96. The summed E-state index contributed by atoms with van der Waals surface area (Å²) in [5, 5.41) is 13.9. The fraction of sp³-hybridized carbons (Fsp3) is 0.263. The lowest BCUT2D eigenvalue weighted by molar-refractivity contribution is -0.384. The third kappa shape index (κ3) is 6.92. The average Bonchev–Trinajstić information content (AvgIpc) is 2.69. The van der Waals surface area contributed by atoms with E-state index < -0.39 is 22.8 Å². The van der Waals surface area contributed by atoms with Crippen molar-refractivity contribution >= 4 is 52.5 Å². The van der Waals surface area contributed by atoms with Gasteiger partial charge in [0.25, 0.3) is 11.6 Å². The Kier molecular flexibility index (Phi) is 8.75. The second-order valence-corrected chi connectivity index (χ2v) is 7.79. The largest absolute Gasteiger partial charge is 0.459 e. The molecule has 0 aromatic heterocycles. The van der Waals surface area contributed by atoms with Crippen molar-refractivity contribution in [3.63, 3.8) is 0 Å². The van der Waals surface area contributed by atoms with Gasteiger partial charge in [-0.05, 0) is 54.3 Å². The van der Waals surface area contributed by atoms with E-state index in [1.165, 1.54) is 54.2 Å². The molecule has 154 valence electrons. The molecule has 0 aliphatic heterocycles. The van der Waals surface area contributed by atoms with Crippen LogP contribution in [-0.4, -0.2) is 34.9 Å². The Bertz CT molecular complexity index is 893. The molecule has 0 unspecified atom stereocenters. The van der Waals surface area contributed by atoms with Crippen LogP contribution in [0.5, 0.6) is 0 Å². The van der Waals surface area contributed by atoms with E-state index in [9.17, 15) is 19.7 Å². The minimum absolute atomic E-state index is 0.0509. The minimum Gasteiger partial charge on any atom is -0.459 e. The standard InChI is InChI=1S/C19H18Cl2N2O5S/c1-29-9-8-17(22-18(24)15-7-4-13(20)10-16(15)21)19(25)28-11-12-2-5-14(6-3-12)23(26)27/h2-7,10,17H,8-9,11H2,1H3,(H,22,24)/t17-/m1/s1. The maximum Gasteiger partial charge on any atom is 0.329 e. The van der Waals surface area contributed by atoms with Crippen LogP contribution in [0.2, 0.25) is 10.0 Å². The first-order chi connectivity index (χ1) is 13.8. The molecule has 0 saturated heterocycles. The summed E-state index contributed by atoms with van der Waals surface area (Å²) in [5.41, 5.74) is 0.748. The number of esters is 1. The highest BCUT2D eigenvalue weighted by atomic mass is 35.5. The summed E-state index contributed by atoms with van der Waals surface area (Å²) in [7, 11) is 0. The second kappa shape index (κ2) is 11.0.